The topological polar surface area (TPSA) is 70.7 Å². The van der Waals surface area contributed by atoms with Crippen LogP contribution in [0.1, 0.15) is 16.2 Å². The first kappa shape index (κ1) is 19.9. The van der Waals surface area contributed by atoms with Gasteiger partial charge in [-0.1, -0.05) is 17.7 Å². The third-order valence-corrected chi connectivity index (χ3v) is 4.85. The van der Waals surface area contributed by atoms with Crippen molar-refractivity contribution in [3.8, 4) is 11.3 Å². The van der Waals surface area contributed by atoms with E-state index in [9.17, 15) is 18.0 Å². The number of nitrogens with zero attached hydrogens (tertiary/aromatic N) is 2. The number of carbonyl (C=O) groups excluding carboxylic acids is 1. The average molecular weight is 431 g/mol. The number of benzene rings is 2. The molecular formula is C21H14ClF3N4O. The molecule has 2 heterocycles. The Labute approximate surface area is 173 Å². The van der Waals surface area contributed by atoms with Gasteiger partial charge >= 0.3 is 0 Å². The molecule has 30 heavy (non-hydrogen) atoms. The average Bonchev–Trinajstić information content (AvgIpc) is 3.22. The number of pyridine rings is 1. The first-order chi connectivity index (χ1) is 14.4. The lowest BCUT2D eigenvalue weighted by Crippen LogP contribution is -2.25. The standard InChI is InChI=1S/C21H14ClF3N4O/c22-15-10-29-20(19-16(24)8-12(23)9-17(19)25)14-7-11(1-2-13(14)15)21(30)28-4-3-18-26-5-6-27-18/h1-2,5-10H,3-4H2,(H,26,27)(H,28,30). The van der Waals surface area contributed by atoms with Gasteiger partial charge in [-0.3, -0.25) is 9.78 Å². The lowest BCUT2D eigenvalue weighted by atomic mass is 10.0. The van der Waals surface area contributed by atoms with Gasteiger partial charge in [0.25, 0.3) is 5.91 Å². The van der Waals surface area contributed by atoms with Crippen LogP contribution >= 0.6 is 11.6 Å². The number of imidazole rings is 1. The quantitative estimate of drug-likeness (QED) is 0.483. The fourth-order valence-electron chi connectivity index (χ4n) is 3.15. The zero-order valence-corrected chi connectivity index (χ0v) is 16.1. The number of hydrogen-bond donors (Lipinski definition) is 2. The van der Waals surface area contributed by atoms with Crippen molar-refractivity contribution < 1.29 is 18.0 Å². The molecule has 0 fully saturated rings. The molecule has 0 saturated heterocycles. The highest BCUT2D eigenvalue weighted by Gasteiger charge is 2.19. The van der Waals surface area contributed by atoms with E-state index in [0.717, 1.165) is 5.82 Å². The maximum Gasteiger partial charge on any atom is 0.251 e. The largest absolute Gasteiger partial charge is 0.352 e. The van der Waals surface area contributed by atoms with Gasteiger partial charge in [0.05, 0.1) is 16.3 Å². The number of carbonyl (C=O) groups is 1. The van der Waals surface area contributed by atoms with Gasteiger partial charge in [-0.15, -0.1) is 0 Å². The van der Waals surface area contributed by atoms with Crippen molar-refractivity contribution in [1.29, 1.82) is 0 Å². The second kappa shape index (κ2) is 8.16. The van der Waals surface area contributed by atoms with E-state index in [0.29, 0.717) is 30.5 Å². The number of rotatable bonds is 5. The lowest BCUT2D eigenvalue weighted by molar-refractivity contribution is 0.0954. The van der Waals surface area contributed by atoms with E-state index >= 15 is 0 Å². The van der Waals surface area contributed by atoms with Crippen molar-refractivity contribution in [2.75, 3.05) is 6.54 Å². The van der Waals surface area contributed by atoms with Crippen LogP contribution in [0.3, 0.4) is 0 Å². The molecule has 0 aliphatic heterocycles. The third kappa shape index (κ3) is 3.86. The molecule has 0 saturated carbocycles. The lowest BCUT2D eigenvalue weighted by Gasteiger charge is -2.11. The van der Waals surface area contributed by atoms with Gasteiger partial charge in [0.15, 0.2) is 0 Å². The van der Waals surface area contributed by atoms with Gasteiger partial charge < -0.3 is 10.3 Å². The summed E-state index contributed by atoms with van der Waals surface area (Å²) in [4.78, 5) is 23.6. The molecule has 0 aliphatic carbocycles. The summed E-state index contributed by atoms with van der Waals surface area (Å²) in [6, 6.07) is 5.73. The zero-order valence-electron chi connectivity index (χ0n) is 15.3. The van der Waals surface area contributed by atoms with Gasteiger partial charge in [0.2, 0.25) is 0 Å². The van der Waals surface area contributed by atoms with Gasteiger partial charge in [-0.05, 0) is 12.1 Å². The molecule has 0 atom stereocenters. The molecule has 0 unspecified atom stereocenters. The van der Waals surface area contributed by atoms with Crippen LogP contribution in [0.4, 0.5) is 13.2 Å². The Balaban J connectivity index is 1.71. The summed E-state index contributed by atoms with van der Waals surface area (Å²) in [7, 11) is 0. The molecule has 5 nitrogen and oxygen atoms in total. The molecule has 2 N–H and O–H groups in total. The zero-order chi connectivity index (χ0) is 21.3. The number of hydrogen-bond acceptors (Lipinski definition) is 3. The second-order valence-corrected chi connectivity index (χ2v) is 6.91. The molecule has 0 spiro atoms. The van der Waals surface area contributed by atoms with Gasteiger partial charge in [0.1, 0.15) is 23.3 Å². The molecule has 0 aliphatic rings. The van der Waals surface area contributed by atoms with Gasteiger partial charge in [0, 0.05) is 60.0 Å². The molecule has 9 heteroatoms. The van der Waals surface area contributed by atoms with E-state index in [1.807, 2.05) is 0 Å². The van der Waals surface area contributed by atoms with Crippen molar-refractivity contribution in [2.45, 2.75) is 6.42 Å². The van der Waals surface area contributed by atoms with E-state index in [1.54, 1.807) is 24.5 Å². The van der Waals surface area contributed by atoms with Gasteiger partial charge in [-0.25, -0.2) is 18.2 Å². The highest BCUT2D eigenvalue weighted by Crippen LogP contribution is 2.34. The predicted octanol–water partition coefficient (Wildman–Crippen LogP) is 4.67. The number of aromatic amines is 1. The molecule has 0 radical (unpaired) electrons. The molecular weight excluding hydrogens is 417 g/mol. The van der Waals surface area contributed by atoms with Crippen LogP contribution in [0.5, 0.6) is 0 Å². The third-order valence-electron chi connectivity index (χ3n) is 4.55. The van der Waals surface area contributed by atoms with Crippen molar-refractivity contribution in [3.63, 3.8) is 0 Å². The van der Waals surface area contributed by atoms with E-state index in [2.05, 4.69) is 20.3 Å². The summed E-state index contributed by atoms with van der Waals surface area (Å²) in [5.41, 5.74) is -0.307. The number of nitrogens with one attached hydrogen (secondary N) is 2. The van der Waals surface area contributed by atoms with Crippen LogP contribution in [-0.2, 0) is 6.42 Å². The molecule has 0 bridgehead atoms. The Kier molecular flexibility index (Phi) is 5.41. The number of halogens is 4. The van der Waals surface area contributed by atoms with Crippen LogP contribution in [-0.4, -0.2) is 27.4 Å². The predicted molar refractivity (Wildman–Crippen MR) is 107 cm³/mol. The maximum absolute atomic E-state index is 14.3. The minimum absolute atomic E-state index is 0.0744. The monoisotopic (exact) mass is 430 g/mol. The fourth-order valence-corrected chi connectivity index (χ4v) is 3.36. The molecule has 1 amide bonds. The van der Waals surface area contributed by atoms with Crippen LogP contribution in [0, 0.1) is 17.5 Å². The first-order valence-electron chi connectivity index (χ1n) is 8.93. The normalized spacial score (nSPS) is 11.1. The van der Waals surface area contributed by atoms with Crippen molar-refractivity contribution >= 4 is 28.3 Å². The molecule has 4 aromatic rings. The Bertz CT molecular complexity index is 1220. The van der Waals surface area contributed by atoms with Crippen molar-refractivity contribution in [2.24, 2.45) is 0 Å². The smallest absolute Gasteiger partial charge is 0.251 e. The summed E-state index contributed by atoms with van der Waals surface area (Å²) in [6.45, 7) is 0.340. The van der Waals surface area contributed by atoms with Crippen LogP contribution in [0.25, 0.3) is 22.0 Å². The summed E-state index contributed by atoms with van der Waals surface area (Å²) in [6.07, 6.45) is 5.07. The Morgan fingerprint density at radius 1 is 1.07 bits per heavy atom. The van der Waals surface area contributed by atoms with Crippen LogP contribution in [0.2, 0.25) is 5.02 Å². The van der Waals surface area contributed by atoms with E-state index in [-0.39, 0.29) is 27.6 Å². The van der Waals surface area contributed by atoms with E-state index in [1.165, 1.54) is 12.3 Å². The minimum atomic E-state index is -1.10. The van der Waals surface area contributed by atoms with E-state index < -0.39 is 23.0 Å². The highest BCUT2D eigenvalue weighted by molar-refractivity contribution is 6.35. The van der Waals surface area contributed by atoms with Crippen molar-refractivity contribution in [3.05, 3.63) is 82.8 Å². The Hall–Kier alpha value is -3.39. The Morgan fingerprint density at radius 2 is 1.83 bits per heavy atom. The molecule has 2 aromatic carbocycles. The Morgan fingerprint density at radius 3 is 2.53 bits per heavy atom. The SMILES string of the molecule is O=C(NCCc1ncc[nH]1)c1ccc2c(Cl)cnc(-c3c(F)cc(F)cc3F)c2c1. The van der Waals surface area contributed by atoms with Gasteiger partial charge in [-0.2, -0.15) is 0 Å². The number of fused-ring (bicyclic) bond motifs is 1. The van der Waals surface area contributed by atoms with E-state index in [4.69, 9.17) is 11.6 Å². The molecule has 4 rings (SSSR count). The summed E-state index contributed by atoms with van der Waals surface area (Å²) < 4.78 is 42.0. The number of amides is 1. The number of H-pyrrole nitrogens is 1. The molecule has 2 aromatic heterocycles. The maximum atomic E-state index is 14.3. The highest BCUT2D eigenvalue weighted by atomic mass is 35.5. The minimum Gasteiger partial charge on any atom is -0.352 e. The van der Waals surface area contributed by atoms with Crippen LogP contribution < -0.4 is 5.32 Å². The number of aromatic nitrogens is 3. The molecule has 152 valence electrons. The second-order valence-electron chi connectivity index (χ2n) is 6.50. The summed E-state index contributed by atoms with van der Waals surface area (Å²) in [5.74, 6) is -2.89. The van der Waals surface area contributed by atoms with Crippen LogP contribution in [0.15, 0.2) is 48.9 Å². The van der Waals surface area contributed by atoms with Crippen molar-refractivity contribution in [1.82, 2.24) is 20.3 Å². The summed E-state index contributed by atoms with van der Waals surface area (Å²) in [5, 5.41) is 3.73. The first-order valence-corrected chi connectivity index (χ1v) is 9.31. The summed E-state index contributed by atoms with van der Waals surface area (Å²) >= 11 is 6.17. The fraction of sp³-hybridized carbons (Fsp3) is 0.0952.